The average Bonchev–Trinajstić information content (AvgIpc) is 3.28. The maximum atomic E-state index is 13.8. The number of carbonyl (C=O) groups excluding carboxylic acids is 1. The maximum Gasteiger partial charge on any atom is 0.254 e. The second kappa shape index (κ2) is 5.49. The summed E-state index contributed by atoms with van der Waals surface area (Å²) in [6, 6.07) is 6.64. The lowest BCUT2D eigenvalue weighted by Gasteiger charge is -2.20. The highest BCUT2D eigenvalue weighted by Gasteiger charge is 2.43. The molecule has 4 nitrogen and oxygen atoms in total. The van der Waals surface area contributed by atoms with Gasteiger partial charge in [0.15, 0.2) is 0 Å². The zero-order chi connectivity index (χ0) is 17.1. The summed E-state index contributed by atoms with van der Waals surface area (Å²) < 4.78 is 13.8. The smallest absolute Gasteiger partial charge is 0.254 e. The number of nitrogens with two attached hydrogens (primary N) is 1. The highest BCUT2D eigenvalue weighted by molar-refractivity contribution is 6.06. The minimum absolute atomic E-state index is 0.00139. The summed E-state index contributed by atoms with van der Waals surface area (Å²) in [5.41, 5.74) is 8.49. The number of rotatable bonds is 2. The Morgan fingerprint density at radius 1 is 1.16 bits per heavy atom. The number of nitrogens with zero attached hydrogens (tertiary/aromatic N) is 2. The molecule has 2 heterocycles. The molecule has 1 amide bonds. The van der Waals surface area contributed by atoms with E-state index in [0.717, 1.165) is 44.5 Å². The van der Waals surface area contributed by atoms with Gasteiger partial charge in [-0.15, -0.1) is 0 Å². The van der Waals surface area contributed by atoms with Gasteiger partial charge in [0, 0.05) is 36.1 Å². The number of fused-ring (bicyclic) bond motifs is 2. The third-order valence-corrected chi connectivity index (χ3v) is 6.22. The predicted octanol–water partition coefficient (Wildman–Crippen LogP) is 3.06. The Hall–Kier alpha value is -2.01. The molecule has 0 bridgehead atoms. The van der Waals surface area contributed by atoms with Gasteiger partial charge in [0.05, 0.1) is 11.1 Å². The fraction of sp³-hybridized carbons (Fsp3) is 0.500. The van der Waals surface area contributed by atoms with Crippen molar-refractivity contribution < 1.29 is 9.18 Å². The minimum atomic E-state index is -0.331. The summed E-state index contributed by atoms with van der Waals surface area (Å²) in [5, 5.41) is 0.621. The molecule has 1 aromatic carbocycles. The van der Waals surface area contributed by atoms with Gasteiger partial charge < -0.3 is 10.6 Å². The van der Waals surface area contributed by atoms with Crippen LogP contribution >= 0.6 is 0 Å². The van der Waals surface area contributed by atoms with Crippen LogP contribution in [0.15, 0.2) is 24.3 Å². The van der Waals surface area contributed by atoms with E-state index in [1.165, 1.54) is 12.1 Å². The molecule has 3 atom stereocenters. The Kier molecular flexibility index (Phi) is 3.35. The molecule has 2 aliphatic carbocycles. The summed E-state index contributed by atoms with van der Waals surface area (Å²) in [6.07, 6.45) is 4.41. The van der Waals surface area contributed by atoms with Crippen LogP contribution in [0.1, 0.15) is 47.7 Å². The van der Waals surface area contributed by atoms with Crippen LogP contribution in [-0.2, 0) is 0 Å². The number of benzene rings is 1. The molecule has 0 spiro atoms. The Morgan fingerprint density at radius 2 is 2.00 bits per heavy atom. The van der Waals surface area contributed by atoms with Crippen molar-refractivity contribution in [1.82, 2.24) is 9.88 Å². The Bertz CT molecular complexity index is 863. The van der Waals surface area contributed by atoms with Crippen molar-refractivity contribution in [3.63, 3.8) is 0 Å². The van der Waals surface area contributed by atoms with Crippen molar-refractivity contribution >= 4 is 16.8 Å². The normalized spacial score (nSPS) is 28.6. The second-order valence-electron chi connectivity index (χ2n) is 7.91. The first kappa shape index (κ1) is 15.3. The molecule has 2 N–H and O–H groups in total. The maximum absolute atomic E-state index is 13.8. The summed E-state index contributed by atoms with van der Waals surface area (Å²) in [5.74, 6) is 1.06. The van der Waals surface area contributed by atoms with Gasteiger partial charge in [-0.1, -0.05) is 0 Å². The summed E-state index contributed by atoms with van der Waals surface area (Å²) in [6.45, 7) is 1.50. The molecule has 130 valence electrons. The molecule has 0 radical (unpaired) electrons. The van der Waals surface area contributed by atoms with Crippen LogP contribution in [0.3, 0.4) is 0 Å². The largest absolute Gasteiger partial charge is 0.338 e. The molecule has 5 heteroatoms. The first-order valence-corrected chi connectivity index (χ1v) is 9.25. The van der Waals surface area contributed by atoms with Gasteiger partial charge >= 0.3 is 0 Å². The molecule has 1 aliphatic heterocycles. The predicted molar refractivity (Wildman–Crippen MR) is 93.8 cm³/mol. The van der Waals surface area contributed by atoms with E-state index in [0.29, 0.717) is 34.2 Å². The Balaban J connectivity index is 1.55. The first-order valence-electron chi connectivity index (χ1n) is 9.25. The van der Waals surface area contributed by atoms with E-state index >= 15 is 0 Å². The van der Waals surface area contributed by atoms with Crippen LogP contribution in [0.2, 0.25) is 0 Å². The van der Waals surface area contributed by atoms with E-state index in [1.54, 1.807) is 6.07 Å². The topological polar surface area (TPSA) is 59.2 Å². The Morgan fingerprint density at radius 3 is 2.76 bits per heavy atom. The van der Waals surface area contributed by atoms with Crippen molar-refractivity contribution in [2.75, 3.05) is 13.1 Å². The van der Waals surface area contributed by atoms with Gasteiger partial charge in [-0.3, -0.25) is 9.78 Å². The molecule has 2 saturated carbocycles. The van der Waals surface area contributed by atoms with Crippen molar-refractivity contribution in [2.24, 2.45) is 17.6 Å². The van der Waals surface area contributed by atoms with E-state index in [2.05, 4.69) is 4.98 Å². The van der Waals surface area contributed by atoms with Crippen molar-refractivity contribution in [1.29, 1.82) is 0 Å². The van der Waals surface area contributed by atoms with E-state index in [4.69, 9.17) is 5.73 Å². The van der Waals surface area contributed by atoms with Crippen LogP contribution in [0.4, 0.5) is 4.39 Å². The Labute approximate surface area is 146 Å². The second-order valence-corrected chi connectivity index (χ2v) is 7.91. The van der Waals surface area contributed by atoms with Crippen LogP contribution in [0.5, 0.6) is 0 Å². The third kappa shape index (κ3) is 2.53. The van der Waals surface area contributed by atoms with E-state index in [9.17, 15) is 9.18 Å². The number of amides is 1. The fourth-order valence-electron chi connectivity index (χ4n) is 4.63. The molecule has 3 unspecified atom stereocenters. The number of aromatic nitrogens is 1. The fourth-order valence-corrected chi connectivity index (χ4v) is 4.63. The van der Waals surface area contributed by atoms with Gasteiger partial charge in [-0.25, -0.2) is 4.39 Å². The molecule has 2 aromatic rings. The van der Waals surface area contributed by atoms with Gasteiger partial charge in [0.1, 0.15) is 5.82 Å². The molecular formula is C20H22FN3O. The molecule has 1 aromatic heterocycles. The van der Waals surface area contributed by atoms with Gasteiger partial charge in [0.2, 0.25) is 0 Å². The lowest BCUT2D eigenvalue weighted by Crippen LogP contribution is -2.33. The number of likely N-dealkylation sites (tertiary alicyclic amines) is 1. The summed E-state index contributed by atoms with van der Waals surface area (Å²) in [4.78, 5) is 19.8. The van der Waals surface area contributed by atoms with Crippen molar-refractivity contribution in [3.05, 3.63) is 41.3 Å². The summed E-state index contributed by atoms with van der Waals surface area (Å²) in [7, 11) is 0. The summed E-state index contributed by atoms with van der Waals surface area (Å²) >= 11 is 0. The monoisotopic (exact) mass is 339 g/mol. The zero-order valence-electron chi connectivity index (χ0n) is 14.1. The van der Waals surface area contributed by atoms with E-state index in [-0.39, 0.29) is 17.8 Å². The van der Waals surface area contributed by atoms with Crippen LogP contribution in [-0.4, -0.2) is 34.9 Å². The molecule has 5 rings (SSSR count). The van der Waals surface area contributed by atoms with Crippen molar-refractivity contribution in [2.45, 2.75) is 37.6 Å². The number of hydrogen-bond donors (Lipinski definition) is 1. The number of hydrogen-bond acceptors (Lipinski definition) is 3. The van der Waals surface area contributed by atoms with Crippen LogP contribution < -0.4 is 5.73 Å². The first-order chi connectivity index (χ1) is 12.1. The van der Waals surface area contributed by atoms with Gasteiger partial charge in [-0.2, -0.15) is 0 Å². The van der Waals surface area contributed by atoms with Crippen LogP contribution in [0.25, 0.3) is 10.9 Å². The highest BCUT2D eigenvalue weighted by Crippen LogP contribution is 2.41. The minimum Gasteiger partial charge on any atom is -0.338 e. The average molecular weight is 339 g/mol. The van der Waals surface area contributed by atoms with Crippen molar-refractivity contribution in [3.8, 4) is 0 Å². The molecule has 1 saturated heterocycles. The number of halogens is 1. The van der Waals surface area contributed by atoms with Gasteiger partial charge in [-0.05, 0) is 61.8 Å². The van der Waals surface area contributed by atoms with E-state index in [1.807, 2.05) is 11.0 Å². The molecule has 25 heavy (non-hydrogen) atoms. The number of pyridine rings is 1. The highest BCUT2D eigenvalue weighted by atomic mass is 19.1. The SMILES string of the molecule is NC1CCC2CN(C(=O)c3cc(C4CC4)nc4ccc(F)cc34)CC12. The van der Waals surface area contributed by atoms with Crippen LogP contribution in [0, 0.1) is 17.7 Å². The van der Waals surface area contributed by atoms with E-state index < -0.39 is 0 Å². The third-order valence-electron chi connectivity index (χ3n) is 6.22. The van der Waals surface area contributed by atoms with Gasteiger partial charge in [0.25, 0.3) is 5.91 Å². The quantitative estimate of drug-likeness (QED) is 0.915. The molecule has 3 fully saturated rings. The lowest BCUT2D eigenvalue weighted by atomic mass is 9.98. The number of carbonyl (C=O) groups is 1. The zero-order valence-corrected chi connectivity index (χ0v) is 14.1. The lowest BCUT2D eigenvalue weighted by molar-refractivity contribution is 0.0781. The molecule has 3 aliphatic rings. The standard InChI is InChI=1S/C20H22FN3O/c21-13-4-6-18-14(7-13)15(8-19(23-18)11-1-2-11)20(25)24-9-12-3-5-17(22)16(12)10-24/h4,6-8,11-12,16-17H,1-3,5,9-10,22H2. The molecular weight excluding hydrogens is 317 g/mol.